The molecule has 2 rings (SSSR count). The van der Waals surface area contributed by atoms with E-state index in [1.165, 1.54) is 24.5 Å². The maximum atomic E-state index is 10.8. The molecule has 0 fully saturated rings. The van der Waals surface area contributed by atoms with Gasteiger partial charge < -0.3 is 9.84 Å². The maximum Gasteiger partial charge on any atom is 0.335 e. The summed E-state index contributed by atoms with van der Waals surface area (Å²) in [6.07, 6.45) is 1.48. The van der Waals surface area contributed by atoms with Gasteiger partial charge in [0.15, 0.2) is 5.82 Å². The van der Waals surface area contributed by atoms with Gasteiger partial charge in [0.25, 0.3) is 0 Å². The molecule has 0 saturated heterocycles. The highest BCUT2D eigenvalue weighted by Gasteiger charge is 2.10. The van der Waals surface area contributed by atoms with Crippen molar-refractivity contribution >= 4 is 17.6 Å². The van der Waals surface area contributed by atoms with Crippen LogP contribution in [0.2, 0.25) is 5.02 Å². The molecule has 6 nitrogen and oxygen atoms in total. The fourth-order valence-corrected chi connectivity index (χ4v) is 2.03. The molecule has 1 N–H and O–H groups in total. The molecule has 112 valence electrons. The molecule has 0 amide bonds. The average molecular weight is 310 g/mol. The smallest absolute Gasteiger partial charge is 0.335 e. The van der Waals surface area contributed by atoms with Crippen molar-refractivity contribution in [1.82, 2.24) is 14.8 Å². The van der Waals surface area contributed by atoms with Gasteiger partial charge in [-0.25, -0.2) is 14.5 Å². The van der Waals surface area contributed by atoms with Crippen LogP contribution in [0.3, 0.4) is 0 Å². The van der Waals surface area contributed by atoms with Crippen LogP contribution in [0.5, 0.6) is 5.75 Å². The van der Waals surface area contributed by atoms with Gasteiger partial charge in [-0.2, -0.15) is 5.10 Å². The van der Waals surface area contributed by atoms with Crippen LogP contribution in [-0.4, -0.2) is 25.8 Å². The van der Waals surface area contributed by atoms with Crippen molar-refractivity contribution < 1.29 is 14.6 Å². The van der Waals surface area contributed by atoms with E-state index in [1.807, 2.05) is 0 Å². The number of aromatic carboxylic acids is 1. The highest BCUT2D eigenvalue weighted by Crippen LogP contribution is 2.26. The van der Waals surface area contributed by atoms with Gasteiger partial charge >= 0.3 is 5.97 Å². The third-order valence-corrected chi connectivity index (χ3v) is 3.06. The minimum absolute atomic E-state index is 0.121. The molecule has 0 bridgehead atoms. The summed E-state index contributed by atoms with van der Waals surface area (Å²) < 4.78 is 7.37. The van der Waals surface area contributed by atoms with E-state index in [-0.39, 0.29) is 17.2 Å². The largest absolute Gasteiger partial charge is 0.484 e. The van der Waals surface area contributed by atoms with Gasteiger partial charge in [0, 0.05) is 6.54 Å². The van der Waals surface area contributed by atoms with Crippen LogP contribution in [-0.2, 0) is 13.2 Å². The third kappa shape index (κ3) is 3.95. The van der Waals surface area contributed by atoms with Gasteiger partial charge in [0.2, 0.25) is 0 Å². The Kier molecular flexibility index (Phi) is 4.80. The van der Waals surface area contributed by atoms with Crippen molar-refractivity contribution in [1.29, 1.82) is 0 Å². The first-order valence-electron chi connectivity index (χ1n) is 6.49. The first-order valence-corrected chi connectivity index (χ1v) is 6.87. The summed E-state index contributed by atoms with van der Waals surface area (Å²) >= 11 is 6.01. The lowest BCUT2D eigenvalue weighted by atomic mass is 10.2. The normalized spacial score (nSPS) is 10.9. The number of carbonyl (C=O) groups is 1. The number of ether oxygens (including phenoxy) is 1. The van der Waals surface area contributed by atoms with Gasteiger partial charge in [0.05, 0.1) is 10.6 Å². The molecule has 0 unspecified atom stereocenters. The summed E-state index contributed by atoms with van der Waals surface area (Å²) in [5.41, 5.74) is 0.121. The second-order valence-electron chi connectivity index (χ2n) is 4.99. The van der Waals surface area contributed by atoms with Gasteiger partial charge in [-0.3, -0.25) is 0 Å². The molecule has 0 radical (unpaired) electrons. The Morgan fingerprint density at radius 1 is 1.48 bits per heavy atom. The summed E-state index contributed by atoms with van der Waals surface area (Å²) in [7, 11) is 0. The fourth-order valence-electron chi connectivity index (χ4n) is 1.79. The minimum Gasteiger partial charge on any atom is -0.484 e. The SMILES string of the molecule is CC(C)Cn1ncnc1COc1ccc(C(=O)O)cc1Cl. The Hall–Kier alpha value is -2.08. The summed E-state index contributed by atoms with van der Waals surface area (Å²) in [6.45, 7) is 5.16. The monoisotopic (exact) mass is 309 g/mol. The molecule has 0 aliphatic heterocycles. The lowest BCUT2D eigenvalue weighted by Gasteiger charge is -2.11. The molecule has 1 heterocycles. The number of nitrogens with zero attached hydrogens (tertiary/aromatic N) is 3. The summed E-state index contributed by atoms with van der Waals surface area (Å²) in [5, 5.41) is 13.3. The van der Waals surface area contributed by atoms with Crippen LogP contribution in [0.15, 0.2) is 24.5 Å². The number of hydrogen-bond donors (Lipinski definition) is 1. The molecule has 0 spiro atoms. The molecule has 21 heavy (non-hydrogen) atoms. The van der Waals surface area contributed by atoms with E-state index in [2.05, 4.69) is 23.9 Å². The minimum atomic E-state index is -1.03. The van der Waals surface area contributed by atoms with E-state index in [0.29, 0.717) is 17.5 Å². The van der Waals surface area contributed by atoms with Crippen LogP contribution in [0.4, 0.5) is 0 Å². The van der Waals surface area contributed by atoms with Gasteiger partial charge in [0.1, 0.15) is 18.7 Å². The predicted molar refractivity (Wildman–Crippen MR) is 77.6 cm³/mol. The average Bonchev–Trinajstić information content (AvgIpc) is 2.83. The number of benzene rings is 1. The van der Waals surface area contributed by atoms with Gasteiger partial charge in [-0.1, -0.05) is 25.4 Å². The highest BCUT2D eigenvalue weighted by molar-refractivity contribution is 6.32. The van der Waals surface area contributed by atoms with Crippen molar-refractivity contribution in [3.05, 3.63) is 40.9 Å². The zero-order valence-corrected chi connectivity index (χ0v) is 12.5. The Bertz CT molecular complexity index is 640. The number of halogens is 1. The van der Waals surface area contributed by atoms with E-state index >= 15 is 0 Å². The lowest BCUT2D eigenvalue weighted by molar-refractivity contribution is 0.0697. The molecule has 2 aromatic rings. The summed E-state index contributed by atoms with van der Waals surface area (Å²) in [5.74, 6) is 0.534. The Morgan fingerprint density at radius 3 is 2.86 bits per heavy atom. The van der Waals surface area contributed by atoms with Gasteiger partial charge in [-0.05, 0) is 24.1 Å². The zero-order valence-electron chi connectivity index (χ0n) is 11.8. The molecule has 1 aromatic carbocycles. The molecular weight excluding hydrogens is 294 g/mol. The molecule has 7 heteroatoms. The molecular formula is C14H16ClN3O3. The standard InChI is InChI=1S/C14H16ClN3O3/c1-9(2)6-18-13(16-8-17-18)7-21-12-4-3-10(14(19)20)5-11(12)15/h3-5,8-9H,6-7H2,1-2H3,(H,19,20). The van der Waals surface area contributed by atoms with Crippen LogP contribution in [0.25, 0.3) is 0 Å². The topological polar surface area (TPSA) is 77.2 Å². The van der Waals surface area contributed by atoms with E-state index in [0.717, 1.165) is 6.54 Å². The van der Waals surface area contributed by atoms with E-state index in [4.69, 9.17) is 21.4 Å². The first-order chi connectivity index (χ1) is 9.97. The Balaban J connectivity index is 2.07. The quantitative estimate of drug-likeness (QED) is 0.887. The third-order valence-electron chi connectivity index (χ3n) is 2.77. The summed E-state index contributed by atoms with van der Waals surface area (Å²) in [4.78, 5) is 15.0. The highest BCUT2D eigenvalue weighted by atomic mass is 35.5. The number of carboxylic acids is 1. The Labute approximate surface area is 127 Å². The number of hydrogen-bond acceptors (Lipinski definition) is 4. The van der Waals surface area contributed by atoms with Crippen molar-refractivity contribution in [3.8, 4) is 5.75 Å². The molecule has 0 aliphatic carbocycles. The van der Waals surface area contributed by atoms with Crippen molar-refractivity contribution in [3.63, 3.8) is 0 Å². The molecule has 1 aromatic heterocycles. The Morgan fingerprint density at radius 2 is 2.24 bits per heavy atom. The maximum absolute atomic E-state index is 10.8. The second-order valence-corrected chi connectivity index (χ2v) is 5.40. The number of carboxylic acid groups (broad SMARTS) is 1. The van der Waals surface area contributed by atoms with Gasteiger partial charge in [-0.15, -0.1) is 0 Å². The van der Waals surface area contributed by atoms with Crippen LogP contribution in [0, 0.1) is 5.92 Å². The number of aromatic nitrogens is 3. The lowest BCUT2D eigenvalue weighted by Crippen LogP contribution is -2.12. The zero-order chi connectivity index (χ0) is 15.4. The van der Waals surface area contributed by atoms with Crippen molar-refractivity contribution in [2.24, 2.45) is 5.92 Å². The first kappa shape index (κ1) is 15.3. The second kappa shape index (κ2) is 6.58. The molecule has 0 atom stereocenters. The summed E-state index contributed by atoms with van der Waals surface area (Å²) in [6, 6.07) is 4.34. The van der Waals surface area contributed by atoms with Crippen molar-refractivity contribution in [2.45, 2.75) is 27.0 Å². The van der Waals surface area contributed by atoms with E-state index in [1.54, 1.807) is 4.68 Å². The van der Waals surface area contributed by atoms with Crippen molar-refractivity contribution in [2.75, 3.05) is 0 Å². The molecule has 0 saturated carbocycles. The van der Waals surface area contributed by atoms with E-state index < -0.39 is 5.97 Å². The predicted octanol–water partition coefficient (Wildman–Crippen LogP) is 2.86. The van der Waals surface area contributed by atoms with Crippen LogP contribution in [0.1, 0.15) is 30.0 Å². The van der Waals surface area contributed by atoms with Crippen LogP contribution >= 0.6 is 11.6 Å². The van der Waals surface area contributed by atoms with Crippen LogP contribution < -0.4 is 4.74 Å². The number of rotatable bonds is 6. The fraction of sp³-hybridized carbons (Fsp3) is 0.357. The van der Waals surface area contributed by atoms with E-state index in [9.17, 15) is 4.79 Å². The molecule has 0 aliphatic rings.